The molecule has 0 radical (unpaired) electrons. The first-order valence-electron chi connectivity index (χ1n) is 7.08. The molecule has 4 nitrogen and oxygen atoms in total. The van der Waals surface area contributed by atoms with E-state index in [-0.39, 0.29) is 0 Å². The first-order valence-corrected chi connectivity index (χ1v) is 8.50. The minimum atomic E-state index is -0.438. The highest BCUT2D eigenvalue weighted by Crippen LogP contribution is 2.25. The summed E-state index contributed by atoms with van der Waals surface area (Å²) in [7, 11) is 0. The lowest BCUT2D eigenvalue weighted by atomic mass is 10.2. The molecule has 0 atom stereocenters. The number of nitrogens with zero attached hydrogens (tertiary/aromatic N) is 1. The predicted octanol–water partition coefficient (Wildman–Crippen LogP) is 5.33. The van der Waals surface area contributed by atoms with Crippen molar-refractivity contribution in [3.8, 4) is 10.6 Å². The number of carbonyl (C=O) groups excluding carboxylic acids is 1. The third-order valence-corrected chi connectivity index (χ3v) is 4.37. The number of nitrogens with one attached hydrogen (secondary N) is 2. The van der Waals surface area contributed by atoms with Crippen LogP contribution in [0.5, 0.6) is 0 Å². The smallest absolute Gasteiger partial charge is 0.308 e. The van der Waals surface area contributed by atoms with Crippen LogP contribution in [0.3, 0.4) is 0 Å². The van der Waals surface area contributed by atoms with E-state index in [2.05, 4.69) is 15.6 Å². The van der Waals surface area contributed by atoms with Gasteiger partial charge in [0.1, 0.15) is 10.8 Å². The van der Waals surface area contributed by atoms with Gasteiger partial charge in [0.2, 0.25) is 0 Å². The van der Waals surface area contributed by atoms with E-state index in [0.29, 0.717) is 17.3 Å². The zero-order valence-corrected chi connectivity index (χ0v) is 14.0. The summed E-state index contributed by atoms with van der Waals surface area (Å²) in [6.45, 7) is 0. The fraction of sp³-hybridized carbons (Fsp3) is 0.0588. The minimum Gasteiger partial charge on any atom is -0.308 e. The Hall–Kier alpha value is -2.44. The van der Waals surface area contributed by atoms with E-state index in [4.69, 9.17) is 11.6 Å². The number of urea groups is 1. The van der Waals surface area contributed by atoms with Gasteiger partial charge in [0, 0.05) is 22.3 Å². The van der Waals surface area contributed by atoms with Crippen molar-refractivity contribution in [3.05, 3.63) is 65.4 Å². The molecule has 0 aliphatic carbocycles. The zero-order chi connectivity index (χ0) is 16.9. The summed E-state index contributed by atoms with van der Waals surface area (Å²) < 4.78 is 13.1. The van der Waals surface area contributed by atoms with Crippen LogP contribution >= 0.6 is 22.9 Å². The van der Waals surface area contributed by atoms with E-state index in [0.717, 1.165) is 16.3 Å². The number of anilines is 2. The second-order valence-corrected chi connectivity index (χ2v) is 6.07. The molecule has 0 spiro atoms. The molecule has 0 aliphatic rings. The maximum Gasteiger partial charge on any atom is 0.323 e. The van der Waals surface area contributed by atoms with Crippen molar-refractivity contribution >= 4 is 40.3 Å². The van der Waals surface area contributed by atoms with Crippen LogP contribution in [0.1, 0.15) is 5.69 Å². The Labute approximate surface area is 147 Å². The van der Waals surface area contributed by atoms with Crippen LogP contribution in [-0.4, -0.2) is 11.0 Å². The molecule has 0 unspecified atom stereocenters. The Bertz CT molecular complexity index is 851. The van der Waals surface area contributed by atoms with Crippen molar-refractivity contribution in [2.45, 2.75) is 5.88 Å². The molecule has 2 amide bonds. The maximum absolute atomic E-state index is 13.1. The van der Waals surface area contributed by atoms with Gasteiger partial charge in [0.25, 0.3) is 0 Å². The lowest BCUT2D eigenvalue weighted by molar-refractivity contribution is 0.262. The van der Waals surface area contributed by atoms with E-state index in [1.165, 1.54) is 29.5 Å². The van der Waals surface area contributed by atoms with Crippen molar-refractivity contribution in [2.75, 3.05) is 10.6 Å². The van der Waals surface area contributed by atoms with Gasteiger partial charge in [-0.3, -0.25) is 0 Å². The zero-order valence-electron chi connectivity index (χ0n) is 12.4. The van der Waals surface area contributed by atoms with E-state index in [1.807, 2.05) is 17.5 Å². The Morgan fingerprint density at radius 2 is 1.88 bits per heavy atom. The minimum absolute atomic E-state index is 0.385. The molecule has 0 aliphatic heterocycles. The summed E-state index contributed by atoms with van der Waals surface area (Å²) in [5.41, 5.74) is 2.81. The summed E-state index contributed by atoms with van der Waals surface area (Å²) in [6.07, 6.45) is 0. The number of rotatable bonds is 4. The van der Waals surface area contributed by atoms with Crippen LogP contribution in [0.4, 0.5) is 20.6 Å². The number of carbonyl (C=O) groups is 1. The van der Waals surface area contributed by atoms with Crippen LogP contribution < -0.4 is 10.6 Å². The molecule has 122 valence electrons. The lowest BCUT2D eigenvalue weighted by Crippen LogP contribution is -2.19. The number of benzene rings is 2. The average Bonchev–Trinajstić information content (AvgIpc) is 3.04. The van der Waals surface area contributed by atoms with Crippen LogP contribution in [0, 0.1) is 5.82 Å². The molecular formula is C17H13ClFN3OS. The second-order valence-electron chi connectivity index (χ2n) is 4.94. The largest absolute Gasteiger partial charge is 0.323 e. The molecule has 0 saturated heterocycles. The van der Waals surface area contributed by atoms with Gasteiger partial charge in [-0.2, -0.15) is 0 Å². The molecule has 2 aromatic carbocycles. The van der Waals surface area contributed by atoms with Crippen molar-refractivity contribution in [1.29, 1.82) is 0 Å². The summed E-state index contributed by atoms with van der Waals surface area (Å²) in [5, 5.41) is 8.06. The summed E-state index contributed by atoms with van der Waals surface area (Å²) >= 11 is 7.27. The third kappa shape index (κ3) is 4.10. The molecule has 1 heterocycles. The van der Waals surface area contributed by atoms with Crippen LogP contribution in [0.2, 0.25) is 0 Å². The van der Waals surface area contributed by atoms with Crippen LogP contribution in [-0.2, 0) is 5.88 Å². The fourth-order valence-corrected chi connectivity index (χ4v) is 3.11. The van der Waals surface area contributed by atoms with Gasteiger partial charge >= 0.3 is 6.03 Å². The monoisotopic (exact) mass is 361 g/mol. The molecule has 0 fully saturated rings. The average molecular weight is 362 g/mol. The van der Waals surface area contributed by atoms with Gasteiger partial charge in [-0.1, -0.05) is 6.07 Å². The second kappa shape index (κ2) is 7.42. The molecule has 3 aromatic rings. The normalized spacial score (nSPS) is 10.4. The molecular weight excluding hydrogens is 349 g/mol. The SMILES string of the molecule is O=C(Nc1ccc(-c2nc(CCl)cs2)cc1)Nc1cccc(F)c1. The van der Waals surface area contributed by atoms with E-state index in [1.54, 1.807) is 18.2 Å². The lowest BCUT2D eigenvalue weighted by Gasteiger charge is -2.08. The molecule has 0 bridgehead atoms. The Balaban J connectivity index is 1.64. The number of thiazole rings is 1. The van der Waals surface area contributed by atoms with Gasteiger partial charge in [0.15, 0.2) is 0 Å². The molecule has 3 rings (SSSR count). The predicted molar refractivity (Wildman–Crippen MR) is 96.1 cm³/mol. The first kappa shape index (κ1) is 16.4. The summed E-state index contributed by atoms with van der Waals surface area (Å²) in [6, 6.07) is 12.6. The first-order chi connectivity index (χ1) is 11.6. The molecule has 1 aromatic heterocycles. The summed E-state index contributed by atoms with van der Waals surface area (Å²) in [5.74, 6) is -0.0203. The molecule has 7 heteroatoms. The van der Waals surface area contributed by atoms with Crippen molar-refractivity contribution < 1.29 is 9.18 Å². The fourth-order valence-electron chi connectivity index (χ4n) is 2.06. The number of alkyl halides is 1. The quantitative estimate of drug-likeness (QED) is 0.617. The van der Waals surface area contributed by atoms with E-state index >= 15 is 0 Å². The van der Waals surface area contributed by atoms with E-state index in [9.17, 15) is 9.18 Å². The highest BCUT2D eigenvalue weighted by molar-refractivity contribution is 7.13. The molecule has 0 saturated carbocycles. The number of hydrogen-bond donors (Lipinski definition) is 2. The Morgan fingerprint density at radius 3 is 2.54 bits per heavy atom. The van der Waals surface area contributed by atoms with Crippen molar-refractivity contribution in [3.63, 3.8) is 0 Å². The van der Waals surface area contributed by atoms with Gasteiger partial charge in [-0.15, -0.1) is 22.9 Å². The highest BCUT2D eigenvalue weighted by Gasteiger charge is 2.06. The van der Waals surface area contributed by atoms with Gasteiger partial charge < -0.3 is 10.6 Å². The van der Waals surface area contributed by atoms with Crippen molar-refractivity contribution in [2.24, 2.45) is 0 Å². The van der Waals surface area contributed by atoms with Crippen LogP contribution in [0.25, 0.3) is 10.6 Å². The number of amides is 2. The Kier molecular flexibility index (Phi) is 5.08. The number of hydrogen-bond acceptors (Lipinski definition) is 3. The topological polar surface area (TPSA) is 54.0 Å². The maximum atomic E-state index is 13.1. The number of aromatic nitrogens is 1. The molecule has 24 heavy (non-hydrogen) atoms. The van der Waals surface area contributed by atoms with Crippen LogP contribution in [0.15, 0.2) is 53.9 Å². The van der Waals surface area contributed by atoms with Gasteiger partial charge in [-0.25, -0.2) is 14.2 Å². The third-order valence-electron chi connectivity index (χ3n) is 3.16. The van der Waals surface area contributed by atoms with Gasteiger partial charge in [-0.05, 0) is 42.5 Å². The number of halogens is 2. The van der Waals surface area contributed by atoms with Gasteiger partial charge in [0.05, 0.1) is 11.6 Å². The van der Waals surface area contributed by atoms with Crippen molar-refractivity contribution in [1.82, 2.24) is 4.98 Å². The highest BCUT2D eigenvalue weighted by atomic mass is 35.5. The standard InChI is InChI=1S/C17H13ClFN3OS/c18-9-15-10-24-16(20-15)11-4-6-13(7-5-11)21-17(23)22-14-3-1-2-12(19)8-14/h1-8,10H,9H2,(H2,21,22,23). The molecule has 2 N–H and O–H groups in total. The Morgan fingerprint density at radius 1 is 1.12 bits per heavy atom. The van der Waals surface area contributed by atoms with E-state index < -0.39 is 11.8 Å². The summed E-state index contributed by atoms with van der Waals surface area (Å²) in [4.78, 5) is 16.3.